The van der Waals surface area contributed by atoms with Gasteiger partial charge in [-0.25, -0.2) is 21.6 Å². The van der Waals surface area contributed by atoms with Gasteiger partial charge >= 0.3 is 0 Å². The summed E-state index contributed by atoms with van der Waals surface area (Å²) in [4.78, 5) is 0. The highest BCUT2D eigenvalue weighted by atomic mass is 32.2. The van der Waals surface area contributed by atoms with E-state index in [-0.39, 0.29) is 17.9 Å². The standard InChI is InChI=1S/C6H13NO4S2/c1-2-7-13(10,11)6-3-4-12(8,9)5-6/h6-7H,2-5H2,1H3. The third-order valence-electron chi connectivity index (χ3n) is 1.98. The van der Waals surface area contributed by atoms with Crippen molar-refractivity contribution in [2.45, 2.75) is 18.6 Å². The molecule has 13 heavy (non-hydrogen) atoms. The van der Waals surface area contributed by atoms with Gasteiger partial charge in [-0.2, -0.15) is 0 Å². The Labute approximate surface area is 78.5 Å². The zero-order chi connectivity index (χ0) is 10.1. The number of hydrogen-bond acceptors (Lipinski definition) is 4. The van der Waals surface area contributed by atoms with Crippen LogP contribution in [0.4, 0.5) is 0 Å². The fraction of sp³-hybridized carbons (Fsp3) is 1.00. The Balaban J connectivity index is 2.77. The van der Waals surface area contributed by atoms with E-state index in [1.54, 1.807) is 6.92 Å². The van der Waals surface area contributed by atoms with Crippen LogP contribution in [0, 0.1) is 0 Å². The van der Waals surface area contributed by atoms with Crippen LogP contribution in [0.5, 0.6) is 0 Å². The molecule has 0 aliphatic carbocycles. The zero-order valence-corrected chi connectivity index (χ0v) is 8.99. The van der Waals surface area contributed by atoms with E-state index in [1.165, 1.54) is 0 Å². The van der Waals surface area contributed by atoms with Crippen LogP contribution >= 0.6 is 0 Å². The van der Waals surface area contributed by atoms with Crippen LogP contribution in [0.15, 0.2) is 0 Å². The van der Waals surface area contributed by atoms with Gasteiger partial charge in [-0.1, -0.05) is 6.92 Å². The first kappa shape index (κ1) is 10.9. The molecule has 5 nitrogen and oxygen atoms in total. The van der Waals surface area contributed by atoms with Crippen molar-refractivity contribution < 1.29 is 16.8 Å². The summed E-state index contributed by atoms with van der Waals surface area (Å²) in [6.45, 7) is 1.97. The molecule has 0 aromatic rings. The molecule has 1 saturated heterocycles. The molecule has 1 unspecified atom stereocenters. The minimum atomic E-state index is -3.41. The van der Waals surface area contributed by atoms with E-state index in [9.17, 15) is 16.8 Å². The lowest BCUT2D eigenvalue weighted by atomic mass is 10.4. The molecule has 0 radical (unpaired) electrons. The summed E-state index contributed by atoms with van der Waals surface area (Å²) in [5.41, 5.74) is 0. The van der Waals surface area contributed by atoms with Crippen LogP contribution in [-0.2, 0) is 19.9 Å². The van der Waals surface area contributed by atoms with Gasteiger partial charge in [-0.15, -0.1) is 0 Å². The van der Waals surface area contributed by atoms with Crippen molar-refractivity contribution >= 4 is 19.9 Å². The Morgan fingerprint density at radius 1 is 1.46 bits per heavy atom. The van der Waals surface area contributed by atoms with Gasteiger partial charge in [-0.05, 0) is 6.42 Å². The molecule has 1 aliphatic rings. The molecule has 1 atom stereocenters. The average molecular weight is 227 g/mol. The maximum absolute atomic E-state index is 11.3. The van der Waals surface area contributed by atoms with Gasteiger partial charge in [0.15, 0.2) is 9.84 Å². The smallest absolute Gasteiger partial charge is 0.215 e. The van der Waals surface area contributed by atoms with Crippen molar-refractivity contribution in [2.75, 3.05) is 18.1 Å². The summed E-state index contributed by atoms with van der Waals surface area (Å²) in [6.07, 6.45) is 0.220. The summed E-state index contributed by atoms with van der Waals surface area (Å²) < 4.78 is 47.0. The summed E-state index contributed by atoms with van der Waals surface area (Å²) in [6, 6.07) is 0. The molecular weight excluding hydrogens is 214 g/mol. The number of rotatable bonds is 3. The Morgan fingerprint density at radius 3 is 2.46 bits per heavy atom. The molecule has 0 amide bonds. The van der Waals surface area contributed by atoms with Crippen LogP contribution in [0.1, 0.15) is 13.3 Å². The second-order valence-corrected chi connectivity index (χ2v) is 7.34. The fourth-order valence-corrected chi connectivity index (χ4v) is 5.42. The minimum absolute atomic E-state index is 0.0116. The maximum Gasteiger partial charge on any atom is 0.215 e. The molecule has 1 aliphatic heterocycles. The number of sulfonamides is 1. The van der Waals surface area contributed by atoms with E-state index in [4.69, 9.17) is 0 Å². The first-order valence-corrected chi connectivity index (χ1v) is 7.43. The maximum atomic E-state index is 11.3. The van der Waals surface area contributed by atoms with E-state index in [2.05, 4.69) is 4.72 Å². The van der Waals surface area contributed by atoms with Gasteiger partial charge in [0, 0.05) is 6.54 Å². The van der Waals surface area contributed by atoms with Crippen LogP contribution in [-0.4, -0.2) is 40.1 Å². The van der Waals surface area contributed by atoms with Gasteiger partial charge in [0.05, 0.1) is 16.8 Å². The highest BCUT2D eigenvalue weighted by Crippen LogP contribution is 2.17. The lowest BCUT2D eigenvalue weighted by molar-refractivity contribution is 0.570. The quantitative estimate of drug-likeness (QED) is 0.678. The molecule has 0 spiro atoms. The van der Waals surface area contributed by atoms with Crippen LogP contribution in [0.2, 0.25) is 0 Å². The third-order valence-corrected chi connectivity index (χ3v) is 5.93. The molecule has 0 saturated carbocycles. The largest absolute Gasteiger partial charge is 0.229 e. The van der Waals surface area contributed by atoms with Gasteiger partial charge in [0.2, 0.25) is 10.0 Å². The van der Waals surface area contributed by atoms with Crippen LogP contribution in [0.25, 0.3) is 0 Å². The zero-order valence-electron chi connectivity index (χ0n) is 7.36. The first-order chi connectivity index (χ1) is 5.87. The number of hydrogen-bond donors (Lipinski definition) is 1. The van der Waals surface area contributed by atoms with Crippen LogP contribution in [0.3, 0.4) is 0 Å². The van der Waals surface area contributed by atoms with E-state index in [0.29, 0.717) is 6.54 Å². The number of nitrogens with one attached hydrogen (secondary N) is 1. The van der Waals surface area contributed by atoms with Gasteiger partial charge in [0.1, 0.15) is 0 Å². The highest BCUT2D eigenvalue weighted by Gasteiger charge is 2.36. The Morgan fingerprint density at radius 2 is 2.08 bits per heavy atom. The van der Waals surface area contributed by atoms with E-state index >= 15 is 0 Å². The van der Waals surface area contributed by atoms with Crippen molar-refractivity contribution in [1.29, 1.82) is 0 Å². The van der Waals surface area contributed by atoms with Crippen molar-refractivity contribution in [2.24, 2.45) is 0 Å². The lowest BCUT2D eigenvalue weighted by Gasteiger charge is -2.08. The normalized spacial score (nSPS) is 27.6. The van der Waals surface area contributed by atoms with Gasteiger partial charge in [-0.3, -0.25) is 0 Å². The Bertz CT molecular complexity index is 369. The monoisotopic (exact) mass is 227 g/mol. The summed E-state index contributed by atoms with van der Waals surface area (Å²) in [7, 11) is -6.53. The Kier molecular flexibility index (Phi) is 2.98. The van der Waals surface area contributed by atoms with Gasteiger partial charge < -0.3 is 0 Å². The minimum Gasteiger partial charge on any atom is -0.229 e. The number of sulfone groups is 1. The molecule has 0 bridgehead atoms. The summed E-state index contributed by atoms with van der Waals surface area (Å²) >= 11 is 0. The van der Waals surface area contributed by atoms with E-state index < -0.39 is 25.1 Å². The van der Waals surface area contributed by atoms with Crippen molar-refractivity contribution in [3.05, 3.63) is 0 Å². The molecule has 78 valence electrons. The van der Waals surface area contributed by atoms with Crippen LogP contribution < -0.4 is 4.72 Å². The summed E-state index contributed by atoms with van der Waals surface area (Å²) in [5, 5.41) is -0.752. The van der Waals surface area contributed by atoms with E-state index in [1.807, 2.05) is 0 Å². The predicted octanol–water partition coefficient (Wildman–Crippen LogP) is -0.887. The highest BCUT2D eigenvalue weighted by molar-refractivity contribution is 7.95. The molecule has 1 N–H and O–H groups in total. The SMILES string of the molecule is CCNS(=O)(=O)C1CCS(=O)(=O)C1. The van der Waals surface area contributed by atoms with Gasteiger partial charge in [0.25, 0.3) is 0 Å². The molecule has 7 heteroatoms. The van der Waals surface area contributed by atoms with Crippen molar-refractivity contribution in [3.8, 4) is 0 Å². The average Bonchev–Trinajstić information content (AvgIpc) is 2.30. The van der Waals surface area contributed by atoms with E-state index in [0.717, 1.165) is 0 Å². The predicted molar refractivity (Wildman–Crippen MR) is 49.7 cm³/mol. The second-order valence-electron chi connectivity index (χ2n) is 3.07. The molecule has 1 rings (SSSR count). The first-order valence-electron chi connectivity index (χ1n) is 4.06. The molecule has 0 aromatic heterocycles. The lowest BCUT2D eigenvalue weighted by Crippen LogP contribution is -2.34. The van der Waals surface area contributed by atoms with Crippen molar-refractivity contribution in [3.63, 3.8) is 0 Å². The molecule has 1 heterocycles. The second kappa shape index (κ2) is 3.55. The third kappa shape index (κ3) is 2.65. The summed E-state index contributed by atoms with van der Waals surface area (Å²) in [5.74, 6) is -0.245. The topological polar surface area (TPSA) is 80.3 Å². The molecule has 1 fully saturated rings. The molecule has 0 aromatic carbocycles. The van der Waals surface area contributed by atoms with Crippen molar-refractivity contribution in [1.82, 2.24) is 4.72 Å². The Hall–Kier alpha value is -0.140. The molecular formula is C6H13NO4S2. The fourth-order valence-electron chi connectivity index (χ4n) is 1.32.